The van der Waals surface area contributed by atoms with E-state index in [2.05, 4.69) is 14.8 Å². The first-order valence-electron chi connectivity index (χ1n) is 7.50. The van der Waals surface area contributed by atoms with E-state index in [9.17, 15) is 8.42 Å². The molecule has 2 aromatic rings. The van der Waals surface area contributed by atoms with E-state index >= 15 is 0 Å². The van der Waals surface area contributed by atoms with Gasteiger partial charge in [-0.1, -0.05) is 12.8 Å². The van der Waals surface area contributed by atoms with E-state index in [1.165, 1.54) is 12.8 Å². The maximum Gasteiger partial charge on any atom is 0.244 e. The van der Waals surface area contributed by atoms with Gasteiger partial charge in [0.1, 0.15) is 4.90 Å². The number of hydrogen-bond acceptors (Lipinski definition) is 4. The summed E-state index contributed by atoms with van der Waals surface area (Å²) in [4.78, 5) is 4.19. The van der Waals surface area contributed by atoms with Crippen LogP contribution in [0, 0.1) is 6.92 Å². The quantitative estimate of drug-likeness (QED) is 0.916. The third-order valence-corrected chi connectivity index (χ3v) is 5.58. The molecule has 2 heterocycles. The molecule has 1 fully saturated rings. The van der Waals surface area contributed by atoms with Crippen LogP contribution in [0.15, 0.2) is 35.6 Å². The first kappa shape index (κ1) is 15.2. The lowest BCUT2D eigenvalue weighted by molar-refractivity contribution is 0.464. The molecule has 0 unspecified atom stereocenters. The summed E-state index contributed by atoms with van der Waals surface area (Å²) >= 11 is 0. The molecule has 2 aromatic heterocycles. The van der Waals surface area contributed by atoms with Crippen molar-refractivity contribution in [2.75, 3.05) is 0 Å². The zero-order valence-electron chi connectivity index (χ0n) is 12.6. The van der Waals surface area contributed by atoms with Gasteiger partial charge in [0.25, 0.3) is 0 Å². The fourth-order valence-electron chi connectivity index (χ4n) is 2.84. The molecule has 3 rings (SSSR count). The van der Waals surface area contributed by atoms with Crippen molar-refractivity contribution in [2.45, 2.75) is 50.1 Å². The molecule has 0 amide bonds. The average molecular weight is 320 g/mol. The van der Waals surface area contributed by atoms with Crippen molar-refractivity contribution in [3.8, 4) is 0 Å². The third kappa shape index (κ3) is 3.20. The molecule has 0 spiro atoms. The fourth-order valence-corrected chi connectivity index (χ4v) is 4.03. The Balaban J connectivity index is 1.77. The fraction of sp³-hybridized carbons (Fsp3) is 0.467. The van der Waals surface area contributed by atoms with E-state index in [0.29, 0.717) is 11.7 Å². The van der Waals surface area contributed by atoms with E-state index in [1.54, 1.807) is 37.6 Å². The Bertz CT molecular complexity index is 734. The number of sulfonamides is 1. The van der Waals surface area contributed by atoms with Crippen LogP contribution in [-0.4, -0.2) is 23.2 Å². The number of aromatic nitrogens is 3. The van der Waals surface area contributed by atoms with Crippen LogP contribution < -0.4 is 4.72 Å². The molecule has 7 heteroatoms. The van der Waals surface area contributed by atoms with Gasteiger partial charge in [0.2, 0.25) is 10.0 Å². The Kier molecular flexibility index (Phi) is 4.26. The lowest BCUT2D eigenvalue weighted by Crippen LogP contribution is -2.23. The summed E-state index contributed by atoms with van der Waals surface area (Å²) in [5.74, 6) is 0. The second kappa shape index (κ2) is 6.18. The lowest BCUT2D eigenvalue weighted by atomic mass is 10.3. The van der Waals surface area contributed by atoms with Crippen molar-refractivity contribution in [3.63, 3.8) is 0 Å². The van der Waals surface area contributed by atoms with Crippen molar-refractivity contribution in [1.82, 2.24) is 19.5 Å². The second-order valence-corrected chi connectivity index (χ2v) is 7.41. The predicted octanol–water partition coefficient (Wildman–Crippen LogP) is 2.18. The first-order valence-corrected chi connectivity index (χ1v) is 8.99. The first-order chi connectivity index (χ1) is 10.6. The van der Waals surface area contributed by atoms with Crippen LogP contribution in [0.5, 0.6) is 0 Å². The number of rotatable bonds is 5. The van der Waals surface area contributed by atoms with Crippen LogP contribution in [0.25, 0.3) is 0 Å². The highest BCUT2D eigenvalue weighted by molar-refractivity contribution is 7.89. The Labute approximate surface area is 130 Å². The van der Waals surface area contributed by atoms with Gasteiger partial charge in [-0.2, -0.15) is 5.10 Å². The summed E-state index contributed by atoms with van der Waals surface area (Å²) in [6.07, 6.45) is 9.48. The van der Waals surface area contributed by atoms with Gasteiger partial charge in [0.15, 0.2) is 0 Å². The Morgan fingerprint density at radius 3 is 2.64 bits per heavy atom. The van der Waals surface area contributed by atoms with E-state index in [1.807, 2.05) is 4.68 Å². The van der Waals surface area contributed by atoms with Gasteiger partial charge in [0, 0.05) is 25.1 Å². The summed E-state index contributed by atoms with van der Waals surface area (Å²) in [6, 6.07) is 3.91. The molecular formula is C15H20N4O2S. The normalized spacial score (nSPS) is 16.2. The maximum atomic E-state index is 12.5. The van der Waals surface area contributed by atoms with Gasteiger partial charge in [-0.3, -0.25) is 9.67 Å². The molecule has 0 radical (unpaired) electrons. The van der Waals surface area contributed by atoms with Gasteiger partial charge in [0.05, 0.1) is 11.7 Å². The molecule has 22 heavy (non-hydrogen) atoms. The lowest BCUT2D eigenvalue weighted by Gasteiger charge is -2.08. The van der Waals surface area contributed by atoms with Gasteiger partial charge < -0.3 is 0 Å². The number of pyridine rings is 1. The van der Waals surface area contributed by atoms with Crippen LogP contribution in [0.4, 0.5) is 0 Å². The van der Waals surface area contributed by atoms with Crippen LogP contribution in [-0.2, 0) is 16.6 Å². The van der Waals surface area contributed by atoms with Crippen molar-refractivity contribution in [2.24, 2.45) is 0 Å². The van der Waals surface area contributed by atoms with Gasteiger partial charge in [-0.25, -0.2) is 13.1 Å². The van der Waals surface area contributed by atoms with E-state index < -0.39 is 10.0 Å². The van der Waals surface area contributed by atoms with Crippen molar-refractivity contribution < 1.29 is 8.42 Å². The molecule has 1 aliphatic rings. The topological polar surface area (TPSA) is 76.9 Å². The standard InChI is InChI=1S/C15H20N4O2S/c1-12-15(11-19(18-12)14-4-2-3-5-14)22(20,21)17-10-13-6-8-16-9-7-13/h6-9,11,14,17H,2-5,10H2,1H3. The van der Waals surface area contributed by atoms with E-state index in [-0.39, 0.29) is 11.4 Å². The monoisotopic (exact) mass is 320 g/mol. The third-order valence-electron chi connectivity index (χ3n) is 4.08. The molecule has 1 aliphatic carbocycles. The zero-order chi connectivity index (χ0) is 15.6. The van der Waals surface area contributed by atoms with Crippen LogP contribution in [0.2, 0.25) is 0 Å². The minimum Gasteiger partial charge on any atom is -0.268 e. The van der Waals surface area contributed by atoms with Gasteiger partial charge in [-0.05, 0) is 37.5 Å². The van der Waals surface area contributed by atoms with Crippen molar-refractivity contribution >= 4 is 10.0 Å². The van der Waals surface area contributed by atoms with Crippen molar-refractivity contribution in [1.29, 1.82) is 0 Å². The van der Waals surface area contributed by atoms with Crippen LogP contribution in [0.3, 0.4) is 0 Å². The van der Waals surface area contributed by atoms with E-state index in [4.69, 9.17) is 0 Å². The minimum atomic E-state index is -3.55. The van der Waals surface area contributed by atoms with E-state index in [0.717, 1.165) is 18.4 Å². The molecule has 1 saturated carbocycles. The van der Waals surface area contributed by atoms with Crippen LogP contribution >= 0.6 is 0 Å². The summed E-state index contributed by atoms with van der Waals surface area (Å²) < 4.78 is 29.4. The Hall–Kier alpha value is -1.73. The molecular weight excluding hydrogens is 300 g/mol. The summed E-state index contributed by atoms with van der Waals surface area (Å²) in [5.41, 5.74) is 1.42. The highest BCUT2D eigenvalue weighted by Gasteiger charge is 2.24. The average Bonchev–Trinajstić information content (AvgIpc) is 3.15. The van der Waals surface area contributed by atoms with Crippen LogP contribution in [0.1, 0.15) is 43.0 Å². The number of aryl methyl sites for hydroxylation is 1. The summed E-state index contributed by atoms with van der Waals surface area (Å²) in [7, 11) is -3.55. The summed E-state index contributed by atoms with van der Waals surface area (Å²) in [5, 5.41) is 4.40. The molecule has 0 aromatic carbocycles. The predicted molar refractivity (Wildman–Crippen MR) is 82.7 cm³/mol. The second-order valence-electron chi connectivity index (χ2n) is 5.68. The smallest absolute Gasteiger partial charge is 0.244 e. The Morgan fingerprint density at radius 2 is 1.95 bits per heavy atom. The molecule has 6 nitrogen and oxygen atoms in total. The molecule has 0 atom stereocenters. The molecule has 0 aliphatic heterocycles. The Morgan fingerprint density at radius 1 is 1.27 bits per heavy atom. The highest BCUT2D eigenvalue weighted by Crippen LogP contribution is 2.30. The van der Waals surface area contributed by atoms with Crippen molar-refractivity contribution in [3.05, 3.63) is 42.0 Å². The zero-order valence-corrected chi connectivity index (χ0v) is 13.4. The SMILES string of the molecule is Cc1nn(C2CCCC2)cc1S(=O)(=O)NCc1ccncc1. The summed E-state index contributed by atoms with van der Waals surface area (Å²) in [6.45, 7) is 1.99. The maximum absolute atomic E-state index is 12.5. The minimum absolute atomic E-state index is 0.249. The largest absolute Gasteiger partial charge is 0.268 e. The molecule has 0 bridgehead atoms. The molecule has 1 N–H and O–H groups in total. The van der Waals surface area contributed by atoms with Gasteiger partial charge in [-0.15, -0.1) is 0 Å². The highest BCUT2D eigenvalue weighted by atomic mass is 32.2. The van der Waals surface area contributed by atoms with Gasteiger partial charge >= 0.3 is 0 Å². The number of nitrogens with zero attached hydrogens (tertiary/aromatic N) is 3. The molecule has 118 valence electrons. The molecule has 0 saturated heterocycles. The number of nitrogens with one attached hydrogen (secondary N) is 1. The number of hydrogen-bond donors (Lipinski definition) is 1.